The standard InChI is InChI=1S/C23H28ClN3O3/c1-23(2,3)20(28)13-25-22(30)26-18-9-10-19-16(12-18)6-11-21(29)27(19)14-15-4-7-17(24)8-5-15/h4-5,7-10,12,20,28H,6,11,13-14H2,1-3H3,(H2,25,26,30). The van der Waals surface area contributed by atoms with E-state index in [2.05, 4.69) is 10.6 Å². The van der Waals surface area contributed by atoms with Gasteiger partial charge in [0.2, 0.25) is 5.91 Å². The summed E-state index contributed by atoms with van der Waals surface area (Å²) in [6.45, 7) is 6.39. The van der Waals surface area contributed by atoms with E-state index in [1.54, 1.807) is 11.0 Å². The molecular formula is C23H28ClN3O3. The number of carbonyl (C=O) groups excluding carboxylic acids is 2. The van der Waals surface area contributed by atoms with Crippen molar-refractivity contribution in [2.45, 2.75) is 46.3 Å². The maximum absolute atomic E-state index is 12.5. The van der Waals surface area contributed by atoms with Gasteiger partial charge >= 0.3 is 6.03 Å². The van der Waals surface area contributed by atoms with Crippen molar-refractivity contribution in [3.63, 3.8) is 0 Å². The first kappa shape index (κ1) is 22.1. The van der Waals surface area contributed by atoms with Gasteiger partial charge in [0, 0.05) is 29.4 Å². The highest BCUT2D eigenvalue weighted by atomic mass is 35.5. The number of hydrogen-bond acceptors (Lipinski definition) is 3. The molecule has 1 atom stereocenters. The number of aliphatic hydroxyl groups is 1. The molecule has 2 aromatic carbocycles. The number of amides is 3. The van der Waals surface area contributed by atoms with Gasteiger partial charge in [0.15, 0.2) is 0 Å². The third-order valence-electron chi connectivity index (χ3n) is 5.25. The van der Waals surface area contributed by atoms with E-state index in [1.165, 1.54) is 0 Å². The van der Waals surface area contributed by atoms with E-state index in [1.807, 2.05) is 57.2 Å². The van der Waals surface area contributed by atoms with Crippen LogP contribution in [0, 0.1) is 5.41 Å². The van der Waals surface area contributed by atoms with Crippen LogP contribution in [0.4, 0.5) is 16.2 Å². The van der Waals surface area contributed by atoms with E-state index in [-0.39, 0.29) is 23.9 Å². The Balaban J connectivity index is 1.68. The number of aliphatic hydroxyl groups excluding tert-OH is 1. The number of rotatable bonds is 5. The van der Waals surface area contributed by atoms with E-state index in [0.29, 0.717) is 30.1 Å². The maximum Gasteiger partial charge on any atom is 0.319 e. The average molecular weight is 430 g/mol. The third-order valence-corrected chi connectivity index (χ3v) is 5.50. The van der Waals surface area contributed by atoms with Crippen LogP contribution in [0.3, 0.4) is 0 Å². The molecule has 1 heterocycles. The van der Waals surface area contributed by atoms with Gasteiger partial charge in [-0.15, -0.1) is 0 Å². The molecule has 2 aromatic rings. The zero-order valence-electron chi connectivity index (χ0n) is 17.5. The molecule has 0 saturated carbocycles. The summed E-state index contributed by atoms with van der Waals surface area (Å²) in [5.41, 5.74) is 3.21. The van der Waals surface area contributed by atoms with Gasteiger partial charge in [-0.25, -0.2) is 4.79 Å². The van der Waals surface area contributed by atoms with Gasteiger partial charge in [-0.05, 0) is 53.3 Å². The zero-order chi connectivity index (χ0) is 21.9. The Bertz CT molecular complexity index is 922. The quantitative estimate of drug-likeness (QED) is 0.660. The number of fused-ring (bicyclic) bond motifs is 1. The summed E-state index contributed by atoms with van der Waals surface area (Å²) in [6.07, 6.45) is 0.415. The number of anilines is 2. The van der Waals surface area contributed by atoms with Crippen molar-refractivity contribution in [2.75, 3.05) is 16.8 Å². The normalized spacial score (nSPS) is 14.8. The first-order valence-corrected chi connectivity index (χ1v) is 10.4. The van der Waals surface area contributed by atoms with Crippen molar-refractivity contribution in [3.05, 3.63) is 58.6 Å². The highest BCUT2D eigenvalue weighted by molar-refractivity contribution is 6.30. The first-order valence-electron chi connectivity index (χ1n) is 10.0. The van der Waals surface area contributed by atoms with Gasteiger partial charge in [-0.1, -0.05) is 44.5 Å². The lowest BCUT2D eigenvalue weighted by Gasteiger charge is -2.30. The molecule has 0 aliphatic carbocycles. The molecule has 0 bridgehead atoms. The minimum absolute atomic E-state index is 0.0760. The van der Waals surface area contributed by atoms with Crippen LogP contribution in [0.5, 0.6) is 0 Å². The fourth-order valence-electron chi connectivity index (χ4n) is 3.25. The molecule has 0 radical (unpaired) electrons. The molecule has 0 fully saturated rings. The van der Waals surface area contributed by atoms with Crippen LogP contribution in [0.2, 0.25) is 5.02 Å². The number of halogens is 1. The van der Waals surface area contributed by atoms with Gasteiger partial charge in [-0.3, -0.25) is 4.79 Å². The predicted molar refractivity (Wildman–Crippen MR) is 120 cm³/mol. The van der Waals surface area contributed by atoms with Crippen molar-refractivity contribution in [3.8, 4) is 0 Å². The van der Waals surface area contributed by atoms with Crippen LogP contribution in [-0.4, -0.2) is 29.7 Å². The second-order valence-corrected chi connectivity index (χ2v) is 9.10. The lowest BCUT2D eigenvalue weighted by molar-refractivity contribution is -0.119. The van der Waals surface area contributed by atoms with Crippen molar-refractivity contribution in [2.24, 2.45) is 5.41 Å². The second kappa shape index (κ2) is 9.06. The molecule has 3 amide bonds. The van der Waals surface area contributed by atoms with Crippen molar-refractivity contribution >= 4 is 34.9 Å². The molecule has 1 aliphatic rings. The van der Waals surface area contributed by atoms with E-state index in [0.717, 1.165) is 16.8 Å². The molecule has 0 aromatic heterocycles. The summed E-state index contributed by atoms with van der Waals surface area (Å²) in [4.78, 5) is 26.5. The molecule has 3 rings (SSSR count). The Morgan fingerprint density at radius 3 is 2.53 bits per heavy atom. The molecule has 30 heavy (non-hydrogen) atoms. The Morgan fingerprint density at radius 1 is 1.17 bits per heavy atom. The molecule has 1 unspecified atom stereocenters. The number of carbonyl (C=O) groups is 2. The largest absolute Gasteiger partial charge is 0.391 e. The fraction of sp³-hybridized carbons (Fsp3) is 0.391. The average Bonchev–Trinajstić information content (AvgIpc) is 2.69. The van der Waals surface area contributed by atoms with Crippen molar-refractivity contribution in [1.82, 2.24) is 5.32 Å². The summed E-state index contributed by atoms with van der Waals surface area (Å²) in [5.74, 6) is 0.0760. The molecule has 160 valence electrons. The van der Waals surface area contributed by atoms with E-state index in [9.17, 15) is 14.7 Å². The Kier molecular flexibility index (Phi) is 6.68. The van der Waals surface area contributed by atoms with Gasteiger partial charge in [-0.2, -0.15) is 0 Å². The number of aryl methyl sites for hydroxylation is 1. The second-order valence-electron chi connectivity index (χ2n) is 8.67. The van der Waals surface area contributed by atoms with Crippen LogP contribution >= 0.6 is 11.6 Å². The highest BCUT2D eigenvalue weighted by Crippen LogP contribution is 2.31. The molecule has 1 aliphatic heterocycles. The van der Waals surface area contributed by atoms with Crippen LogP contribution in [0.1, 0.15) is 38.3 Å². The smallest absolute Gasteiger partial charge is 0.319 e. The van der Waals surface area contributed by atoms with Gasteiger partial charge < -0.3 is 20.6 Å². The molecule has 0 spiro atoms. The Labute approximate surface area is 182 Å². The van der Waals surface area contributed by atoms with E-state index >= 15 is 0 Å². The van der Waals surface area contributed by atoms with E-state index in [4.69, 9.17) is 11.6 Å². The number of nitrogens with zero attached hydrogens (tertiary/aromatic N) is 1. The van der Waals surface area contributed by atoms with Crippen molar-refractivity contribution in [1.29, 1.82) is 0 Å². The zero-order valence-corrected chi connectivity index (χ0v) is 18.3. The summed E-state index contributed by atoms with van der Waals surface area (Å²) >= 11 is 5.95. The molecule has 7 heteroatoms. The highest BCUT2D eigenvalue weighted by Gasteiger charge is 2.25. The van der Waals surface area contributed by atoms with E-state index < -0.39 is 6.10 Å². The number of benzene rings is 2. The number of nitrogens with one attached hydrogen (secondary N) is 2. The predicted octanol–water partition coefficient (Wildman–Crippen LogP) is 4.35. The lowest BCUT2D eigenvalue weighted by atomic mass is 9.89. The fourth-order valence-corrected chi connectivity index (χ4v) is 3.38. The number of hydrogen-bond donors (Lipinski definition) is 3. The monoisotopic (exact) mass is 429 g/mol. The van der Waals surface area contributed by atoms with Crippen molar-refractivity contribution < 1.29 is 14.7 Å². The molecular weight excluding hydrogens is 402 g/mol. The first-order chi connectivity index (χ1) is 14.1. The van der Waals surface area contributed by atoms with Gasteiger partial charge in [0.1, 0.15) is 0 Å². The topological polar surface area (TPSA) is 81.7 Å². The molecule has 0 saturated heterocycles. The minimum Gasteiger partial charge on any atom is -0.391 e. The SMILES string of the molecule is CC(C)(C)C(O)CNC(=O)Nc1ccc2c(c1)CCC(=O)N2Cc1ccc(Cl)cc1. The molecule has 6 nitrogen and oxygen atoms in total. The third kappa shape index (κ3) is 5.52. The minimum atomic E-state index is -0.640. The van der Waals surface area contributed by atoms with Gasteiger partial charge in [0.05, 0.1) is 12.6 Å². The number of urea groups is 1. The summed E-state index contributed by atoms with van der Waals surface area (Å²) in [6, 6.07) is 12.6. The van der Waals surface area contributed by atoms with Crippen LogP contribution in [-0.2, 0) is 17.8 Å². The van der Waals surface area contributed by atoms with Crippen LogP contribution in [0.15, 0.2) is 42.5 Å². The maximum atomic E-state index is 12.5. The Hall–Kier alpha value is -2.57. The lowest BCUT2D eigenvalue weighted by Crippen LogP contribution is -2.41. The van der Waals surface area contributed by atoms with Gasteiger partial charge in [0.25, 0.3) is 0 Å². The van der Waals surface area contributed by atoms with Crippen LogP contribution in [0.25, 0.3) is 0 Å². The summed E-state index contributed by atoms with van der Waals surface area (Å²) < 4.78 is 0. The summed E-state index contributed by atoms with van der Waals surface area (Å²) in [7, 11) is 0. The van der Waals surface area contributed by atoms with Crippen LogP contribution < -0.4 is 15.5 Å². The summed E-state index contributed by atoms with van der Waals surface area (Å²) in [5, 5.41) is 16.2. The molecule has 3 N–H and O–H groups in total. The Morgan fingerprint density at radius 2 is 1.87 bits per heavy atom.